The summed E-state index contributed by atoms with van der Waals surface area (Å²) in [6.07, 6.45) is 5.04. The number of methoxy groups -OCH3 is 2. The molecular formula is C14H21BrClNO2. The maximum atomic E-state index is 6.37. The Morgan fingerprint density at radius 3 is 2.05 bits per heavy atom. The van der Waals surface area contributed by atoms with Crippen molar-refractivity contribution in [2.24, 2.45) is 11.7 Å². The van der Waals surface area contributed by atoms with Gasteiger partial charge in [-0.15, -0.1) is 12.4 Å². The number of benzene rings is 1. The number of halogens is 2. The molecule has 1 saturated carbocycles. The molecule has 0 aromatic heterocycles. The molecule has 3 nitrogen and oxygen atoms in total. The van der Waals surface area contributed by atoms with E-state index in [1.54, 1.807) is 14.2 Å². The van der Waals surface area contributed by atoms with Gasteiger partial charge in [-0.2, -0.15) is 0 Å². The molecule has 0 saturated heterocycles. The molecule has 5 heteroatoms. The van der Waals surface area contributed by atoms with Crippen molar-refractivity contribution in [1.82, 2.24) is 0 Å². The molecule has 1 aromatic carbocycles. The van der Waals surface area contributed by atoms with E-state index in [0.717, 1.165) is 21.5 Å². The SMILES string of the molecule is COc1cc([C@H](N)C2CCCC2)cc(OC)c1Br.Cl. The average Bonchev–Trinajstić information content (AvgIpc) is 2.92. The average molecular weight is 351 g/mol. The molecule has 0 bridgehead atoms. The Labute approximate surface area is 129 Å². The summed E-state index contributed by atoms with van der Waals surface area (Å²) in [6, 6.07) is 4.09. The van der Waals surface area contributed by atoms with Gasteiger partial charge in [0, 0.05) is 6.04 Å². The largest absolute Gasteiger partial charge is 0.495 e. The Morgan fingerprint density at radius 1 is 1.16 bits per heavy atom. The summed E-state index contributed by atoms with van der Waals surface area (Å²) in [7, 11) is 3.31. The van der Waals surface area contributed by atoms with Crippen LogP contribution in [0.3, 0.4) is 0 Å². The second kappa shape index (κ2) is 7.36. The molecule has 0 amide bonds. The Morgan fingerprint density at radius 2 is 1.63 bits per heavy atom. The van der Waals surface area contributed by atoms with Crippen LogP contribution in [-0.4, -0.2) is 14.2 Å². The molecule has 0 heterocycles. The van der Waals surface area contributed by atoms with Gasteiger partial charge in [0.05, 0.1) is 14.2 Å². The van der Waals surface area contributed by atoms with Gasteiger partial charge in [0.1, 0.15) is 16.0 Å². The van der Waals surface area contributed by atoms with Crippen LogP contribution in [0, 0.1) is 5.92 Å². The Balaban J connectivity index is 0.00000180. The van der Waals surface area contributed by atoms with Crippen molar-refractivity contribution in [2.75, 3.05) is 14.2 Å². The summed E-state index contributed by atoms with van der Waals surface area (Å²) in [5.74, 6) is 2.14. The first-order chi connectivity index (χ1) is 8.67. The quantitative estimate of drug-likeness (QED) is 0.890. The number of nitrogens with two attached hydrogens (primary N) is 1. The molecular weight excluding hydrogens is 330 g/mol. The summed E-state index contributed by atoms with van der Waals surface area (Å²) < 4.78 is 11.6. The van der Waals surface area contributed by atoms with Crippen LogP contribution in [0.4, 0.5) is 0 Å². The van der Waals surface area contributed by atoms with E-state index >= 15 is 0 Å². The zero-order valence-electron chi connectivity index (χ0n) is 11.3. The Bertz CT molecular complexity index is 397. The molecule has 2 rings (SSSR count). The minimum absolute atomic E-state index is 0. The third-order valence-electron chi connectivity index (χ3n) is 3.76. The summed E-state index contributed by atoms with van der Waals surface area (Å²) in [6.45, 7) is 0. The van der Waals surface area contributed by atoms with E-state index in [1.165, 1.54) is 25.7 Å². The van der Waals surface area contributed by atoms with E-state index in [2.05, 4.69) is 15.9 Å². The van der Waals surface area contributed by atoms with E-state index in [-0.39, 0.29) is 18.4 Å². The fourth-order valence-corrected chi connectivity index (χ4v) is 3.22. The smallest absolute Gasteiger partial charge is 0.137 e. The van der Waals surface area contributed by atoms with Gasteiger partial charge >= 0.3 is 0 Å². The lowest BCUT2D eigenvalue weighted by Gasteiger charge is -2.21. The zero-order valence-corrected chi connectivity index (χ0v) is 13.7. The van der Waals surface area contributed by atoms with Gasteiger partial charge in [-0.3, -0.25) is 0 Å². The normalized spacial score (nSPS) is 16.8. The lowest BCUT2D eigenvalue weighted by Crippen LogP contribution is -2.19. The zero-order chi connectivity index (χ0) is 13.1. The highest BCUT2D eigenvalue weighted by Crippen LogP contribution is 2.40. The van der Waals surface area contributed by atoms with Gasteiger partial charge in [-0.25, -0.2) is 0 Å². The van der Waals surface area contributed by atoms with Crippen molar-refractivity contribution in [3.63, 3.8) is 0 Å². The highest BCUT2D eigenvalue weighted by molar-refractivity contribution is 9.10. The molecule has 1 aliphatic carbocycles. The van der Waals surface area contributed by atoms with Crippen LogP contribution in [0.1, 0.15) is 37.3 Å². The van der Waals surface area contributed by atoms with E-state index in [9.17, 15) is 0 Å². The molecule has 1 fully saturated rings. The minimum Gasteiger partial charge on any atom is -0.495 e. The monoisotopic (exact) mass is 349 g/mol. The first-order valence-electron chi connectivity index (χ1n) is 6.34. The van der Waals surface area contributed by atoms with Gasteiger partial charge in [0.2, 0.25) is 0 Å². The van der Waals surface area contributed by atoms with Crippen LogP contribution in [0.15, 0.2) is 16.6 Å². The summed E-state index contributed by atoms with van der Waals surface area (Å²) in [4.78, 5) is 0. The molecule has 19 heavy (non-hydrogen) atoms. The molecule has 1 aromatic rings. The van der Waals surface area contributed by atoms with Crippen molar-refractivity contribution in [3.8, 4) is 11.5 Å². The molecule has 0 spiro atoms. The first-order valence-corrected chi connectivity index (χ1v) is 7.13. The fourth-order valence-electron chi connectivity index (χ4n) is 2.67. The van der Waals surface area contributed by atoms with E-state index < -0.39 is 0 Å². The Kier molecular flexibility index (Phi) is 6.43. The molecule has 0 radical (unpaired) electrons. The lowest BCUT2D eigenvalue weighted by atomic mass is 9.92. The van der Waals surface area contributed by atoms with Gasteiger partial charge in [0.25, 0.3) is 0 Å². The van der Waals surface area contributed by atoms with Crippen molar-refractivity contribution >= 4 is 28.3 Å². The van der Waals surface area contributed by atoms with Gasteiger partial charge in [0.15, 0.2) is 0 Å². The second-order valence-electron chi connectivity index (χ2n) is 4.81. The van der Waals surface area contributed by atoms with Crippen LogP contribution in [0.5, 0.6) is 11.5 Å². The number of hydrogen-bond acceptors (Lipinski definition) is 3. The minimum atomic E-state index is 0. The van der Waals surface area contributed by atoms with Crippen LogP contribution in [0.25, 0.3) is 0 Å². The van der Waals surface area contributed by atoms with Crippen molar-refractivity contribution < 1.29 is 9.47 Å². The topological polar surface area (TPSA) is 44.5 Å². The summed E-state index contributed by atoms with van der Waals surface area (Å²) >= 11 is 3.48. The number of hydrogen-bond donors (Lipinski definition) is 1. The third kappa shape index (κ3) is 3.56. The third-order valence-corrected chi connectivity index (χ3v) is 4.54. The highest BCUT2D eigenvalue weighted by atomic mass is 79.9. The maximum Gasteiger partial charge on any atom is 0.137 e. The highest BCUT2D eigenvalue weighted by Gasteiger charge is 2.24. The maximum absolute atomic E-state index is 6.37. The molecule has 0 aliphatic heterocycles. The standard InChI is InChI=1S/C14H20BrNO2.ClH/c1-17-11-7-10(8-12(18-2)13(11)15)14(16)9-5-3-4-6-9;/h7-9,14H,3-6,16H2,1-2H3;1H/t14-;/m1./s1. The van der Waals surface area contributed by atoms with Crippen molar-refractivity contribution in [1.29, 1.82) is 0 Å². The summed E-state index contributed by atoms with van der Waals surface area (Å²) in [5.41, 5.74) is 7.47. The molecule has 0 unspecified atom stereocenters. The predicted octanol–water partition coefficient (Wildman–Crippen LogP) is 4.08. The van der Waals surface area contributed by atoms with E-state index in [4.69, 9.17) is 15.2 Å². The van der Waals surface area contributed by atoms with Gasteiger partial charge in [-0.05, 0) is 52.4 Å². The van der Waals surface area contributed by atoms with Crippen LogP contribution in [0.2, 0.25) is 0 Å². The lowest BCUT2D eigenvalue weighted by molar-refractivity contribution is 0.383. The molecule has 1 atom stereocenters. The molecule has 2 N–H and O–H groups in total. The van der Waals surface area contributed by atoms with Crippen LogP contribution >= 0.6 is 28.3 Å². The fraction of sp³-hybridized carbons (Fsp3) is 0.571. The van der Waals surface area contributed by atoms with Gasteiger partial charge < -0.3 is 15.2 Å². The van der Waals surface area contributed by atoms with Crippen molar-refractivity contribution in [3.05, 3.63) is 22.2 Å². The first kappa shape index (κ1) is 16.6. The predicted molar refractivity (Wildman–Crippen MR) is 83.4 cm³/mol. The van der Waals surface area contributed by atoms with Crippen molar-refractivity contribution in [2.45, 2.75) is 31.7 Å². The Hall–Kier alpha value is -0.450. The molecule has 108 valence electrons. The van der Waals surface area contributed by atoms with E-state index in [1.807, 2.05) is 12.1 Å². The molecule has 1 aliphatic rings. The number of rotatable bonds is 4. The van der Waals surface area contributed by atoms with Crippen LogP contribution in [-0.2, 0) is 0 Å². The van der Waals surface area contributed by atoms with Crippen LogP contribution < -0.4 is 15.2 Å². The van der Waals surface area contributed by atoms with E-state index in [0.29, 0.717) is 5.92 Å². The number of ether oxygens (including phenoxy) is 2. The second-order valence-corrected chi connectivity index (χ2v) is 5.60. The summed E-state index contributed by atoms with van der Waals surface area (Å²) in [5, 5.41) is 0. The van der Waals surface area contributed by atoms with Gasteiger partial charge in [-0.1, -0.05) is 12.8 Å².